The molecular formula is C19H23NO4. The van der Waals surface area contributed by atoms with Crippen LogP contribution in [-0.4, -0.2) is 32.5 Å². The zero-order valence-electron chi connectivity index (χ0n) is 13.7. The fraction of sp³-hybridized carbons (Fsp3) is 0.368. The third-order valence-corrected chi connectivity index (χ3v) is 4.67. The lowest BCUT2D eigenvalue weighted by Crippen LogP contribution is -2.41. The van der Waals surface area contributed by atoms with E-state index in [1.807, 2.05) is 12.1 Å². The van der Waals surface area contributed by atoms with Gasteiger partial charge in [0, 0.05) is 17.6 Å². The zero-order chi connectivity index (χ0) is 17.3. The fourth-order valence-corrected chi connectivity index (χ4v) is 3.48. The molecule has 2 atom stereocenters. The summed E-state index contributed by atoms with van der Waals surface area (Å²) in [5.74, 6) is -0.243. The third kappa shape index (κ3) is 3.41. The molecule has 1 aliphatic carbocycles. The lowest BCUT2D eigenvalue weighted by Gasteiger charge is -2.29. The average Bonchev–Trinajstić information content (AvgIpc) is 2.54. The summed E-state index contributed by atoms with van der Waals surface area (Å²) in [6.45, 7) is 2.09. The van der Waals surface area contributed by atoms with Crippen LogP contribution >= 0.6 is 0 Å². The van der Waals surface area contributed by atoms with E-state index in [1.165, 1.54) is 6.07 Å². The second-order valence-corrected chi connectivity index (χ2v) is 6.61. The molecule has 3 rings (SSSR count). The minimum atomic E-state index is -0.105. The lowest BCUT2D eigenvalue weighted by molar-refractivity contribution is 0.377. The molecule has 128 valence electrons. The zero-order valence-corrected chi connectivity index (χ0v) is 13.7. The van der Waals surface area contributed by atoms with Gasteiger partial charge in [0.05, 0.1) is 0 Å². The van der Waals surface area contributed by atoms with E-state index in [0.29, 0.717) is 6.04 Å². The number of phenolic OH excluding ortho intramolecular Hbond substituents is 4. The van der Waals surface area contributed by atoms with E-state index in [0.717, 1.165) is 42.4 Å². The Kier molecular flexibility index (Phi) is 4.53. The Morgan fingerprint density at radius 2 is 1.79 bits per heavy atom. The Morgan fingerprint density at radius 1 is 1.04 bits per heavy atom. The first-order valence-electron chi connectivity index (χ1n) is 8.23. The van der Waals surface area contributed by atoms with Crippen molar-refractivity contribution < 1.29 is 20.4 Å². The highest BCUT2D eigenvalue weighted by Gasteiger charge is 2.23. The number of nitrogens with one attached hydrogen (secondary N) is 1. The van der Waals surface area contributed by atoms with E-state index >= 15 is 0 Å². The van der Waals surface area contributed by atoms with Crippen molar-refractivity contribution in [3.05, 3.63) is 47.0 Å². The van der Waals surface area contributed by atoms with Crippen molar-refractivity contribution in [3.8, 4) is 23.0 Å². The molecule has 0 aromatic heterocycles. The maximum atomic E-state index is 9.94. The molecule has 2 aromatic carbocycles. The highest BCUT2D eigenvalue weighted by molar-refractivity contribution is 5.50. The number of phenols is 4. The second-order valence-electron chi connectivity index (χ2n) is 6.61. The Bertz CT molecular complexity index is 744. The summed E-state index contributed by atoms with van der Waals surface area (Å²) >= 11 is 0. The summed E-state index contributed by atoms with van der Waals surface area (Å²) < 4.78 is 0. The van der Waals surface area contributed by atoms with Crippen LogP contribution in [-0.2, 0) is 19.3 Å². The van der Waals surface area contributed by atoms with Crippen LogP contribution in [0.1, 0.15) is 30.0 Å². The van der Waals surface area contributed by atoms with Crippen molar-refractivity contribution in [1.29, 1.82) is 0 Å². The number of fused-ring (bicyclic) bond motifs is 1. The maximum Gasteiger partial charge on any atom is 0.160 e. The van der Waals surface area contributed by atoms with Crippen LogP contribution in [0, 0.1) is 0 Å². The van der Waals surface area contributed by atoms with E-state index in [-0.39, 0.29) is 29.0 Å². The van der Waals surface area contributed by atoms with Gasteiger partial charge >= 0.3 is 0 Å². The average molecular weight is 329 g/mol. The van der Waals surface area contributed by atoms with Gasteiger partial charge in [-0.05, 0) is 61.9 Å². The molecule has 0 aliphatic heterocycles. The second kappa shape index (κ2) is 6.61. The molecular weight excluding hydrogens is 306 g/mol. The molecule has 2 aromatic rings. The number of aromatic hydroxyl groups is 4. The van der Waals surface area contributed by atoms with Crippen molar-refractivity contribution >= 4 is 0 Å². The monoisotopic (exact) mass is 329 g/mol. The third-order valence-electron chi connectivity index (χ3n) is 4.67. The topological polar surface area (TPSA) is 93.0 Å². The van der Waals surface area contributed by atoms with Gasteiger partial charge < -0.3 is 25.7 Å². The normalized spacial score (nSPS) is 18.1. The van der Waals surface area contributed by atoms with Crippen LogP contribution < -0.4 is 5.32 Å². The highest BCUT2D eigenvalue weighted by Crippen LogP contribution is 2.35. The quantitative estimate of drug-likeness (QED) is 0.556. The van der Waals surface area contributed by atoms with Crippen LogP contribution in [0.5, 0.6) is 23.0 Å². The Balaban J connectivity index is 1.62. The summed E-state index contributed by atoms with van der Waals surface area (Å²) in [7, 11) is 0. The predicted octanol–water partition coefficient (Wildman–Crippen LogP) is 2.59. The van der Waals surface area contributed by atoms with E-state index in [1.54, 1.807) is 12.1 Å². The van der Waals surface area contributed by atoms with Crippen molar-refractivity contribution in [2.75, 3.05) is 0 Å². The first-order valence-corrected chi connectivity index (χ1v) is 8.23. The molecule has 0 heterocycles. The van der Waals surface area contributed by atoms with Gasteiger partial charge in [0.15, 0.2) is 23.0 Å². The van der Waals surface area contributed by atoms with Gasteiger partial charge in [0.1, 0.15) is 0 Å². The molecule has 0 radical (unpaired) electrons. The van der Waals surface area contributed by atoms with Crippen molar-refractivity contribution in [2.24, 2.45) is 0 Å². The van der Waals surface area contributed by atoms with Gasteiger partial charge in [-0.2, -0.15) is 0 Å². The molecule has 0 bridgehead atoms. The maximum absolute atomic E-state index is 9.94. The number of hydrogen-bond acceptors (Lipinski definition) is 5. The Hall–Kier alpha value is -2.40. The minimum Gasteiger partial charge on any atom is -0.504 e. The molecule has 5 heteroatoms. The molecule has 0 spiro atoms. The van der Waals surface area contributed by atoms with E-state index in [4.69, 9.17) is 0 Å². The van der Waals surface area contributed by atoms with E-state index < -0.39 is 0 Å². The summed E-state index contributed by atoms with van der Waals surface area (Å²) in [6.07, 6.45) is 3.20. The SMILES string of the molecule is CC(Cc1ccc(O)c(O)c1)NC1CCc2c(ccc(O)c2O)C1. The Morgan fingerprint density at radius 3 is 2.54 bits per heavy atom. The number of rotatable bonds is 4. The van der Waals surface area contributed by atoms with Crippen LogP contribution in [0.4, 0.5) is 0 Å². The Labute approximate surface area is 141 Å². The molecule has 0 saturated carbocycles. The van der Waals surface area contributed by atoms with Gasteiger partial charge in [-0.1, -0.05) is 12.1 Å². The van der Waals surface area contributed by atoms with E-state index in [2.05, 4.69) is 12.2 Å². The molecule has 0 saturated heterocycles. The van der Waals surface area contributed by atoms with Gasteiger partial charge in [-0.25, -0.2) is 0 Å². The van der Waals surface area contributed by atoms with Crippen LogP contribution in [0.15, 0.2) is 30.3 Å². The van der Waals surface area contributed by atoms with Gasteiger partial charge in [0.2, 0.25) is 0 Å². The van der Waals surface area contributed by atoms with Gasteiger partial charge in [0.25, 0.3) is 0 Å². The lowest BCUT2D eigenvalue weighted by atomic mass is 9.87. The van der Waals surface area contributed by atoms with Gasteiger partial charge in [-0.15, -0.1) is 0 Å². The first-order chi connectivity index (χ1) is 11.4. The van der Waals surface area contributed by atoms with Crippen molar-refractivity contribution in [1.82, 2.24) is 5.32 Å². The fourth-order valence-electron chi connectivity index (χ4n) is 3.48. The molecule has 0 amide bonds. The summed E-state index contributed by atoms with van der Waals surface area (Å²) in [6, 6.07) is 8.84. The predicted molar refractivity (Wildman–Crippen MR) is 91.7 cm³/mol. The molecule has 1 aliphatic rings. The van der Waals surface area contributed by atoms with Crippen LogP contribution in [0.25, 0.3) is 0 Å². The van der Waals surface area contributed by atoms with Gasteiger partial charge in [-0.3, -0.25) is 0 Å². The largest absolute Gasteiger partial charge is 0.504 e. The summed E-state index contributed by atoms with van der Waals surface area (Å²) in [5, 5.41) is 42.1. The smallest absolute Gasteiger partial charge is 0.160 e. The molecule has 2 unspecified atom stereocenters. The highest BCUT2D eigenvalue weighted by atomic mass is 16.3. The molecule has 24 heavy (non-hydrogen) atoms. The number of benzene rings is 2. The minimum absolute atomic E-state index is 0.0126. The summed E-state index contributed by atoms with van der Waals surface area (Å²) in [4.78, 5) is 0. The number of hydrogen-bond donors (Lipinski definition) is 5. The first kappa shape index (κ1) is 16.5. The van der Waals surface area contributed by atoms with Crippen molar-refractivity contribution in [3.63, 3.8) is 0 Å². The van der Waals surface area contributed by atoms with Crippen LogP contribution in [0.2, 0.25) is 0 Å². The van der Waals surface area contributed by atoms with Crippen LogP contribution in [0.3, 0.4) is 0 Å². The summed E-state index contributed by atoms with van der Waals surface area (Å²) in [5.41, 5.74) is 2.89. The molecule has 5 N–H and O–H groups in total. The molecule has 0 fully saturated rings. The molecule has 5 nitrogen and oxygen atoms in total. The van der Waals surface area contributed by atoms with E-state index in [9.17, 15) is 20.4 Å². The standard InChI is InChI=1S/C19H23NO4/c1-11(8-12-2-6-16(21)18(23)9-12)20-14-4-5-15-13(10-14)3-7-17(22)19(15)24/h2-3,6-7,9,11,14,20-24H,4-5,8,10H2,1H3. The van der Waals surface area contributed by atoms with Crippen molar-refractivity contribution in [2.45, 2.75) is 44.7 Å².